The molecule has 0 amide bonds. The van der Waals surface area contributed by atoms with Crippen LogP contribution in [0.3, 0.4) is 0 Å². The zero-order valence-electron chi connectivity index (χ0n) is 9.35. The molecule has 0 fully saturated rings. The summed E-state index contributed by atoms with van der Waals surface area (Å²) in [7, 11) is 0. The molecule has 2 nitrogen and oxygen atoms in total. The van der Waals surface area contributed by atoms with Gasteiger partial charge in [-0.2, -0.15) is 0 Å². The van der Waals surface area contributed by atoms with Crippen molar-refractivity contribution in [2.24, 2.45) is 0 Å². The second-order valence-electron chi connectivity index (χ2n) is 3.74. The van der Waals surface area contributed by atoms with Crippen LogP contribution in [0.5, 0.6) is 0 Å². The van der Waals surface area contributed by atoms with E-state index in [-0.39, 0.29) is 21.7 Å². The van der Waals surface area contributed by atoms with Gasteiger partial charge in [-0.15, -0.1) is 0 Å². The first-order chi connectivity index (χ1) is 8.49. The van der Waals surface area contributed by atoms with E-state index in [2.05, 4.69) is 9.97 Å². The van der Waals surface area contributed by atoms with Crippen molar-refractivity contribution in [3.05, 3.63) is 56.3 Å². The molecule has 1 heterocycles. The molecule has 2 aromatic rings. The maximum atomic E-state index is 13.7. The molecule has 94 valence electrons. The van der Waals surface area contributed by atoms with Gasteiger partial charge in [0, 0.05) is 12.0 Å². The average Bonchev–Trinajstić information content (AvgIpc) is 2.32. The SMILES string of the molecule is Cc1c(Cl)nc(Cc2cccc(Cl)c2F)nc1Cl. The lowest BCUT2D eigenvalue weighted by molar-refractivity contribution is 0.612. The topological polar surface area (TPSA) is 25.8 Å². The second-order valence-corrected chi connectivity index (χ2v) is 4.86. The van der Waals surface area contributed by atoms with Gasteiger partial charge in [0.25, 0.3) is 0 Å². The molecular formula is C12H8Cl3FN2. The van der Waals surface area contributed by atoms with Crippen LogP contribution in [-0.2, 0) is 6.42 Å². The first-order valence-corrected chi connectivity index (χ1v) is 6.24. The lowest BCUT2D eigenvalue weighted by Gasteiger charge is -2.06. The van der Waals surface area contributed by atoms with Gasteiger partial charge in [-0.3, -0.25) is 0 Å². The Hall–Kier alpha value is -0.900. The fourth-order valence-electron chi connectivity index (χ4n) is 1.44. The maximum absolute atomic E-state index is 13.7. The summed E-state index contributed by atoms with van der Waals surface area (Å²) >= 11 is 17.5. The highest BCUT2D eigenvalue weighted by atomic mass is 35.5. The minimum atomic E-state index is -0.476. The molecule has 0 saturated heterocycles. The van der Waals surface area contributed by atoms with Gasteiger partial charge in [-0.25, -0.2) is 14.4 Å². The van der Waals surface area contributed by atoms with E-state index in [9.17, 15) is 4.39 Å². The monoisotopic (exact) mass is 304 g/mol. The van der Waals surface area contributed by atoms with Crippen LogP contribution in [-0.4, -0.2) is 9.97 Å². The number of nitrogens with zero attached hydrogens (tertiary/aromatic N) is 2. The Morgan fingerprint density at radius 1 is 1.11 bits per heavy atom. The number of hydrogen-bond acceptors (Lipinski definition) is 2. The first-order valence-electron chi connectivity index (χ1n) is 5.10. The molecule has 0 atom stereocenters. The summed E-state index contributed by atoms with van der Waals surface area (Å²) in [5, 5.41) is 0.608. The van der Waals surface area contributed by atoms with Crippen LogP contribution in [0.1, 0.15) is 17.0 Å². The summed E-state index contributed by atoms with van der Waals surface area (Å²) in [6.45, 7) is 1.72. The molecule has 1 aromatic carbocycles. The molecule has 0 bridgehead atoms. The summed E-state index contributed by atoms with van der Waals surface area (Å²) in [5.41, 5.74) is 1.01. The van der Waals surface area contributed by atoms with E-state index < -0.39 is 5.82 Å². The Morgan fingerprint density at radius 3 is 2.33 bits per heavy atom. The summed E-state index contributed by atoms with van der Waals surface area (Å²) < 4.78 is 13.7. The molecule has 6 heteroatoms. The third-order valence-corrected chi connectivity index (χ3v) is 3.48. The largest absolute Gasteiger partial charge is 0.220 e. The summed E-state index contributed by atoms with van der Waals surface area (Å²) in [5.74, 6) is -0.118. The Kier molecular flexibility index (Phi) is 4.05. The van der Waals surface area contributed by atoms with Crippen molar-refractivity contribution in [2.75, 3.05) is 0 Å². The third-order valence-electron chi connectivity index (χ3n) is 2.45. The number of hydrogen-bond donors (Lipinski definition) is 0. The van der Waals surface area contributed by atoms with Gasteiger partial charge < -0.3 is 0 Å². The van der Waals surface area contributed by atoms with Crippen molar-refractivity contribution >= 4 is 34.8 Å². The maximum Gasteiger partial charge on any atom is 0.145 e. The molecule has 0 unspecified atom stereocenters. The minimum absolute atomic E-state index is 0.0665. The van der Waals surface area contributed by atoms with Crippen molar-refractivity contribution in [2.45, 2.75) is 13.3 Å². The molecule has 0 N–H and O–H groups in total. The van der Waals surface area contributed by atoms with Crippen molar-refractivity contribution < 1.29 is 4.39 Å². The molecule has 0 radical (unpaired) electrons. The second kappa shape index (κ2) is 5.39. The molecule has 0 aliphatic carbocycles. The molecule has 18 heavy (non-hydrogen) atoms. The van der Waals surface area contributed by atoms with Gasteiger partial charge in [0.15, 0.2) is 0 Å². The lowest BCUT2D eigenvalue weighted by Crippen LogP contribution is -2.01. The highest BCUT2D eigenvalue weighted by Crippen LogP contribution is 2.23. The summed E-state index contributed by atoms with van der Waals surface area (Å²) in [6.07, 6.45) is 0.187. The molecule has 0 spiro atoms. The average molecular weight is 306 g/mol. The van der Waals surface area contributed by atoms with E-state index in [1.807, 2.05) is 0 Å². The van der Waals surface area contributed by atoms with E-state index in [0.717, 1.165) is 0 Å². The van der Waals surface area contributed by atoms with Gasteiger partial charge in [-0.1, -0.05) is 46.9 Å². The smallest absolute Gasteiger partial charge is 0.145 e. The highest BCUT2D eigenvalue weighted by molar-refractivity contribution is 6.34. The molecule has 2 rings (SSSR count). The van der Waals surface area contributed by atoms with E-state index in [1.165, 1.54) is 6.07 Å². The van der Waals surface area contributed by atoms with Crippen LogP contribution in [0, 0.1) is 12.7 Å². The lowest BCUT2D eigenvalue weighted by atomic mass is 10.1. The quantitative estimate of drug-likeness (QED) is 0.765. The number of rotatable bonds is 2. The molecule has 0 aliphatic rings. The van der Waals surface area contributed by atoms with Crippen LogP contribution in [0.25, 0.3) is 0 Å². The zero-order chi connectivity index (χ0) is 13.3. The zero-order valence-corrected chi connectivity index (χ0v) is 11.6. The fraction of sp³-hybridized carbons (Fsp3) is 0.167. The van der Waals surface area contributed by atoms with Crippen LogP contribution in [0.15, 0.2) is 18.2 Å². The van der Waals surface area contributed by atoms with Gasteiger partial charge in [0.1, 0.15) is 21.9 Å². The fourth-order valence-corrected chi connectivity index (χ4v) is 2.06. The minimum Gasteiger partial charge on any atom is -0.220 e. The highest BCUT2D eigenvalue weighted by Gasteiger charge is 2.11. The normalized spacial score (nSPS) is 10.7. The van der Waals surface area contributed by atoms with E-state index >= 15 is 0 Å². The standard InChI is InChI=1S/C12H8Cl3FN2/c1-6-11(14)17-9(18-12(6)15)5-7-3-2-4-8(13)10(7)16/h2-4H,5H2,1H3. The predicted molar refractivity (Wildman–Crippen MR) is 71.0 cm³/mol. The van der Waals surface area contributed by atoms with E-state index in [4.69, 9.17) is 34.8 Å². The predicted octanol–water partition coefficient (Wildman–Crippen LogP) is 4.48. The van der Waals surface area contributed by atoms with Crippen molar-refractivity contribution in [1.29, 1.82) is 0 Å². The molecular weight excluding hydrogens is 298 g/mol. The van der Waals surface area contributed by atoms with Crippen LogP contribution in [0.4, 0.5) is 4.39 Å². The Balaban J connectivity index is 2.37. The Morgan fingerprint density at radius 2 is 1.72 bits per heavy atom. The summed E-state index contributed by atoms with van der Waals surface area (Å²) in [4.78, 5) is 8.12. The van der Waals surface area contributed by atoms with E-state index in [0.29, 0.717) is 17.0 Å². The van der Waals surface area contributed by atoms with Crippen molar-refractivity contribution in [3.8, 4) is 0 Å². The van der Waals surface area contributed by atoms with Crippen molar-refractivity contribution in [3.63, 3.8) is 0 Å². The van der Waals surface area contributed by atoms with Crippen LogP contribution in [0.2, 0.25) is 15.3 Å². The van der Waals surface area contributed by atoms with Gasteiger partial charge in [-0.05, 0) is 18.6 Å². The third kappa shape index (κ3) is 2.74. The van der Waals surface area contributed by atoms with E-state index in [1.54, 1.807) is 19.1 Å². The number of aromatic nitrogens is 2. The Bertz CT molecular complexity index is 579. The van der Waals surface area contributed by atoms with Gasteiger partial charge in [0.2, 0.25) is 0 Å². The Labute approximate surface area is 119 Å². The van der Waals surface area contributed by atoms with Gasteiger partial charge in [0.05, 0.1) is 5.02 Å². The van der Waals surface area contributed by atoms with Crippen molar-refractivity contribution in [1.82, 2.24) is 9.97 Å². The molecule has 0 saturated carbocycles. The number of benzene rings is 1. The van der Waals surface area contributed by atoms with Gasteiger partial charge >= 0.3 is 0 Å². The first kappa shape index (κ1) is 13.5. The number of halogens is 4. The van der Waals surface area contributed by atoms with Crippen LogP contribution >= 0.6 is 34.8 Å². The van der Waals surface area contributed by atoms with Crippen LogP contribution < -0.4 is 0 Å². The molecule has 0 aliphatic heterocycles. The summed E-state index contributed by atoms with van der Waals surface area (Å²) in [6, 6.07) is 4.76. The molecule has 1 aromatic heterocycles.